The van der Waals surface area contributed by atoms with E-state index in [1.54, 1.807) is 0 Å². The van der Waals surface area contributed by atoms with Gasteiger partial charge in [-0.25, -0.2) is 0 Å². The molecule has 0 radical (unpaired) electrons. The molecule has 12 aromatic rings. The lowest BCUT2D eigenvalue weighted by atomic mass is 9.70. The predicted molar refractivity (Wildman–Crippen MR) is 325 cm³/mol. The molecule has 364 valence electrons. The summed E-state index contributed by atoms with van der Waals surface area (Å²) < 4.78 is 1.17. The first-order valence-corrected chi connectivity index (χ1v) is 27.2. The number of fused-ring (bicyclic) bond motifs is 20. The van der Waals surface area contributed by atoms with Gasteiger partial charge in [-0.2, -0.15) is 0 Å². The number of hydrogen-bond acceptors (Lipinski definition) is 2. The van der Waals surface area contributed by atoms with Crippen LogP contribution < -0.4 is 11.1 Å². The van der Waals surface area contributed by atoms with Crippen molar-refractivity contribution in [1.82, 2.24) is 0 Å². The fraction of sp³-hybridized carbons (Fsp3) is 0.0270. The quantitative estimate of drug-likeness (QED) is 0.172. The van der Waals surface area contributed by atoms with Crippen LogP contribution in [-0.2, 0) is 10.8 Å². The smallest absolute Gasteiger partial charge is 0.0726 e. The van der Waals surface area contributed by atoms with Gasteiger partial charge in [-0.05, 0) is 113 Å². The number of para-hydroxylation sites is 2. The van der Waals surface area contributed by atoms with Crippen molar-refractivity contribution in [3.63, 3.8) is 0 Å². The predicted octanol–water partition coefficient (Wildman–Crippen LogP) is 19.2. The van der Waals surface area contributed by atoms with Gasteiger partial charge in [0, 0.05) is 43.8 Å². The summed E-state index contributed by atoms with van der Waals surface area (Å²) in [6.45, 7) is 0. The largest absolute Gasteiger partial charge is 0.398 e. The van der Waals surface area contributed by atoms with Crippen molar-refractivity contribution in [2.24, 2.45) is 0 Å². The molecule has 2 nitrogen and oxygen atoms in total. The van der Waals surface area contributed by atoms with E-state index in [0.29, 0.717) is 0 Å². The summed E-state index contributed by atoms with van der Waals surface area (Å²) in [6, 6.07) is 104. The lowest BCUT2D eigenvalue weighted by Crippen LogP contribution is -2.25. The van der Waals surface area contributed by atoms with Crippen molar-refractivity contribution in [3.8, 4) is 66.8 Å². The molecule has 12 aromatic carbocycles. The highest BCUT2D eigenvalue weighted by Crippen LogP contribution is 2.65. The number of halogens is 1. The molecule has 0 fully saturated rings. The zero-order valence-corrected chi connectivity index (χ0v) is 43.8. The second-order valence-corrected chi connectivity index (χ2v) is 21.0. The van der Waals surface area contributed by atoms with Crippen LogP contribution in [0.4, 0.5) is 17.1 Å². The molecule has 4 aliphatic rings. The molecule has 0 atom stereocenters. The van der Waals surface area contributed by atoms with Crippen molar-refractivity contribution >= 4 is 33.0 Å². The Kier molecular flexibility index (Phi) is 11.3. The number of hydrogen-bond donors (Lipinski definition) is 2. The minimum atomic E-state index is -0.324. The van der Waals surface area contributed by atoms with E-state index in [-0.39, 0.29) is 10.8 Å². The van der Waals surface area contributed by atoms with Crippen molar-refractivity contribution in [2.75, 3.05) is 11.1 Å². The monoisotopic (exact) mass is 1050 g/mol. The Morgan fingerprint density at radius 1 is 0.247 bits per heavy atom. The standard InChI is InChI=1S/C37H25N.C25H15Br.C12H11N/c1-2-13-25(14-3-1)26-15-7-11-23-34(26)38-35-24-12-22-33-36(35)29-18-6-10-21-32(29)37(33)30-19-8-4-16-27(30)28-17-5-9-20-31(28)37;26-23-15-7-14-22-24(23)18-10-3-6-13-21(18)25(22)19-11-4-1-8-16(19)17-9-2-5-12-20(17)25;13-12-9-5-4-8-11(12)10-6-2-1-3-7-10/h1-24,38H;1-15H;1-9H,13H2. The molecule has 3 N–H and O–H groups in total. The lowest BCUT2D eigenvalue weighted by Gasteiger charge is -2.30. The van der Waals surface area contributed by atoms with Crippen molar-refractivity contribution in [2.45, 2.75) is 10.8 Å². The normalized spacial score (nSPS) is 13.3. The van der Waals surface area contributed by atoms with E-state index >= 15 is 0 Å². The molecule has 2 spiro atoms. The van der Waals surface area contributed by atoms with Gasteiger partial charge in [-0.15, -0.1) is 0 Å². The second kappa shape index (κ2) is 18.8. The Hall–Kier alpha value is -9.28. The Morgan fingerprint density at radius 3 is 1.04 bits per heavy atom. The van der Waals surface area contributed by atoms with E-state index in [0.717, 1.165) is 22.6 Å². The highest BCUT2D eigenvalue weighted by molar-refractivity contribution is 9.10. The van der Waals surface area contributed by atoms with Crippen LogP contribution in [0.15, 0.2) is 296 Å². The van der Waals surface area contributed by atoms with Crippen molar-refractivity contribution in [1.29, 1.82) is 0 Å². The van der Waals surface area contributed by atoms with Crippen LogP contribution in [0, 0.1) is 0 Å². The summed E-state index contributed by atoms with van der Waals surface area (Å²) in [6.07, 6.45) is 0. The Labute approximate surface area is 459 Å². The average Bonchev–Trinajstić information content (AvgIpc) is 4.14. The fourth-order valence-corrected chi connectivity index (χ4v) is 13.9. The summed E-state index contributed by atoms with van der Waals surface area (Å²) in [5, 5.41) is 3.87. The summed E-state index contributed by atoms with van der Waals surface area (Å²) >= 11 is 3.83. The molecule has 0 saturated heterocycles. The van der Waals surface area contributed by atoms with E-state index in [9.17, 15) is 0 Å². The maximum atomic E-state index is 5.85. The summed E-state index contributed by atoms with van der Waals surface area (Å²) in [5.74, 6) is 0. The first-order valence-electron chi connectivity index (χ1n) is 26.4. The maximum absolute atomic E-state index is 5.85. The minimum Gasteiger partial charge on any atom is -0.398 e. The van der Waals surface area contributed by atoms with Crippen LogP contribution in [0.25, 0.3) is 66.8 Å². The first kappa shape index (κ1) is 46.3. The SMILES string of the molecule is Brc1cccc2c1-c1ccccc1C21c2ccccc2-c2ccccc21.Nc1ccccc1-c1ccccc1.c1ccc(-c2ccccc2Nc2cccc3c2-c2ccccc2C32c3ccccc3-c3ccccc32)cc1. The van der Waals surface area contributed by atoms with Crippen molar-refractivity contribution in [3.05, 3.63) is 340 Å². The van der Waals surface area contributed by atoms with Gasteiger partial charge in [-0.1, -0.05) is 283 Å². The number of anilines is 3. The molecule has 0 amide bonds. The third-order valence-electron chi connectivity index (χ3n) is 16.3. The molecule has 0 bridgehead atoms. The van der Waals surface area contributed by atoms with Crippen LogP contribution in [0.1, 0.15) is 44.5 Å². The zero-order valence-electron chi connectivity index (χ0n) is 42.2. The summed E-state index contributed by atoms with van der Waals surface area (Å²) in [4.78, 5) is 0. The van der Waals surface area contributed by atoms with Gasteiger partial charge in [0.05, 0.1) is 10.8 Å². The topological polar surface area (TPSA) is 38.0 Å². The Bertz CT molecular complexity index is 4140. The summed E-state index contributed by atoms with van der Waals surface area (Å²) in [7, 11) is 0. The van der Waals surface area contributed by atoms with E-state index in [2.05, 4.69) is 270 Å². The third kappa shape index (κ3) is 7.08. The Balaban J connectivity index is 0.000000119. The van der Waals surface area contributed by atoms with Crippen LogP contribution in [-0.4, -0.2) is 0 Å². The average molecular weight is 1050 g/mol. The van der Waals surface area contributed by atoms with Gasteiger partial charge in [0.15, 0.2) is 0 Å². The molecular weight excluding hydrogens is 997 g/mol. The first-order chi connectivity index (χ1) is 38.1. The van der Waals surface area contributed by atoms with Gasteiger partial charge in [-0.3, -0.25) is 0 Å². The van der Waals surface area contributed by atoms with Gasteiger partial charge in [0.2, 0.25) is 0 Å². The molecule has 0 saturated carbocycles. The maximum Gasteiger partial charge on any atom is 0.0726 e. The summed E-state index contributed by atoms with van der Waals surface area (Å²) in [5.41, 5.74) is 34.7. The highest BCUT2D eigenvalue weighted by atomic mass is 79.9. The molecule has 0 aliphatic heterocycles. The van der Waals surface area contributed by atoms with E-state index in [1.165, 1.54) is 110 Å². The molecule has 16 rings (SSSR count). The molecule has 0 aromatic heterocycles. The van der Waals surface area contributed by atoms with Crippen LogP contribution in [0.3, 0.4) is 0 Å². The molecule has 4 aliphatic carbocycles. The van der Waals surface area contributed by atoms with Gasteiger partial charge < -0.3 is 11.1 Å². The molecule has 77 heavy (non-hydrogen) atoms. The number of benzene rings is 12. The molecule has 3 heteroatoms. The van der Waals surface area contributed by atoms with E-state index in [1.807, 2.05) is 42.5 Å². The van der Waals surface area contributed by atoms with Crippen molar-refractivity contribution < 1.29 is 0 Å². The number of nitrogens with two attached hydrogens (primary N) is 1. The molecule has 0 heterocycles. The number of nitrogens with one attached hydrogen (secondary N) is 1. The Morgan fingerprint density at radius 2 is 0.558 bits per heavy atom. The van der Waals surface area contributed by atoms with Crippen LogP contribution in [0.2, 0.25) is 0 Å². The number of rotatable bonds is 4. The third-order valence-corrected chi connectivity index (χ3v) is 17.0. The second-order valence-electron chi connectivity index (χ2n) is 20.2. The van der Waals surface area contributed by atoms with Crippen LogP contribution >= 0.6 is 15.9 Å². The molecular formula is C74H51BrN2. The van der Waals surface area contributed by atoms with E-state index in [4.69, 9.17) is 5.73 Å². The fourth-order valence-electron chi connectivity index (χ4n) is 13.3. The highest BCUT2D eigenvalue weighted by Gasteiger charge is 2.53. The number of nitrogen functional groups attached to an aromatic ring is 1. The van der Waals surface area contributed by atoms with Gasteiger partial charge in [0.25, 0.3) is 0 Å². The molecule has 0 unspecified atom stereocenters. The zero-order chi connectivity index (χ0) is 51.5. The lowest BCUT2D eigenvalue weighted by molar-refractivity contribution is 0.793. The van der Waals surface area contributed by atoms with Crippen LogP contribution in [0.5, 0.6) is 0 Å². The van der Waals surface area contributed by atoms with E-state index < -0.39 is 0 Å². The van der Waals surface area contributed by atoms with Gasteiger partial charge in [0.1, 0.15) is 0 Å². The van der Waals surface area contributed by atoms with Gasteiger partial charge >= 0.3 is 0 Å². The minimum absolute atomic E-state index is 0.219.